The van der Waals surface area contributed by atoms with Crippen molar-refractivity contribution in [2.75, 3.05) is 12.8 Å². The van der Waals surface area contributed by atoms with E-state index >= 15 is 0 Å². The van der Waals surface area contributed by atoms with Crippen LogP contribution in [0.1, 0.15) is 15.9 Å². The molecule has 0 bridgehead atoms. The van der Waals surface area contributed by atoms with E-state index in [1.807, 2.05) is 0 Å². The van der Waals surface area contributed by atoms with Crippen LogP contribution in [-0.2, 0) is 6.61 Å². The van der Waals surface area contributed by atoms with Crippen LogP contribution in [0.2, 0.25) is 0 Å². The Morgan fingerprint density at radius 1 is 1.30 bits per heavy atom. The number of nitrogen functional groups attached to an aromatic ring is 1. The molecule has 104 valence electrons. The van der Waals surface area contributed by atoms with Crippen LogP contribution >= 0.6 is 0 Å². The fourth-order valence-corrected chi connectivity index (χ4v) is 1.75. The maximum atomic E-state index is 13.0. The summed E-state index contributed by atoms with van der Waals surface area (Å²) < 4.78 is 18.6. The molecule has 0 aliphatic heterocycles. The second kappa shape index (κ2) is 6.06. The van der Waals surface area contributed by atoms with Crippen molar-refractivity contribution in [2.45, 2.75) is 6.61 Å². The summed E-state index contributed by atoms with van der Waals surface area (Å²) in [5, 5.41) is 2.52. The molecule has 0 aromatic heterocycles. The van der Waals surface area contributed by atoms with Crippen molar-refractivity contribution in [3.63, 3.8) is 0 Å². The molecule has 5 heteroatoms. The number of nitrogens with two attached hydrogens (primary N) is 1. The zero-order chi connectivity index (χ0) is 14.5. The Balaban J connectivity index is 2.08. The minimum atomic E-state index is -0.311. The molecular weight excluding hydrogens is 259 g/mol. The normalized spacial score (nSPS) is 10.1. The Bertz CT molecular complexity index is 629. The number of anilines is 1. The van der Waals surface area contributed by atoms with Gasteiger partial charge in [-0.25, -0.2) is 4.39 Å². The first kappa shape index (κ1) is 13.9. The van der Waals surface area contributed by atoms with E-state index in [4.69, 9.17) is 10.5 Å². The lowest BCUT2D eigenvalue weighted by Crippen LogP contribution is -2.17. The second-order valence-corrected chi connectivity index (χ2v) is 4.25. The fraction of sp³-hybridized carbons (Fsp3) is 0.133. The number of amides is 1. The average Bonchev–Trinajstić information content (AvgIpc) is 2.45. The van der Waals surface area contributed by atoms with Crippen molar-refractivity contribution in [3.8, 4) is 5.75 Å². The van der Waals surface area contributed by atoms with Gasteiger partial charge in [0.25, 0.3) is 5.91 Å². The Labute approximate surface area is 116 Å². The summed E-state index contributed by atoms with van der Waals surface area (Å²) in [6.07, 6.45) is 0. The van der Waals surface area contributed by atoms with Gasteiger partial charge in [-0.3, -0.25) is 4.79 Å². The molecule has 4 nitrogen and oxygen atoms in total. The van der Waals surface area contributed by atoms with Gasteiger partial charge in [-0.15, -0.1) is 0 Å². The molecule has 20 heavy (non-hydrogen) atoms. The van der Waals surface area contributed by atoms with E-state index < -0.39 is 0 Å². The van der Waals surface area contributed by atoms with Gasteiger partial charge in [-0.1, -0.05) is 12.1 Å². The van der Waals surface area contributed by atoms with Crippen molar-refractivity contribution < 1.29 is 13.9 Å². The van der Waals surface area contributed by atoms with E-state index in [1.54, 1.807) is 37.4 Å². The highest BCUT2D eigenvalue weighted by atomic mass is 19.1. The van der Waals surface area contributed by atoms with Crippen molar-refractivity contribution in [2.24, 2.45) is 0 Å². The third-order valence-corrected chi connectivity index (χ3v) is 2.78. The highest BCUT2D eigenvalue weighted by Crippen LogP contribution is 2.23. The number of ether oxygens (including phenoxy) is 1. The Morgan fingerprint density at radius 3 is 2.75 bits per heavy atom. The first-order valence-electron chi connectivity index (χ1n) is 6.09. The minimum Gasteiger partial charge on any atom is -0.487 e. The van der Waals surface area contributed by atoms with Gasteiger partial charge in [0.05, 0.1) is 5.69 Å². The van der Waals surface area contributed by atoms with E-state index in [0.717, 1.165) is 0 Å². The molecule has 1 amide bonds. The third kappa shape index (κ3) is 3.26. The van der Waals surface area contributed by atoms with Gasteiger partial charge in [0.1, 0.15) is 18.2 Å². The summed E-state index contributed by atoms with van der Waals surface area (Å²) in [7, 11) is 1.55. The molecule has 0 saturated heterocycles. The van der Waals surface area contributed by atoms with Crippen LogP contribution in [0.15, 0.2) is 42.5 Å². The molecule has 0 atom stereocenters. The molecule has 2 aromatic carbocycles. The molecule has 2 rings (SSSR count). The lowest BCUT2D eigenvalue weighted by atomic mass is 10.1. The number of carbonyl (C=O) groups excluding carboxylic acids is 1. The van der Waals surface area contributed by atoms with Crippen molar-refractivity contribution in [1.29, 1.82) is 0 Å². The van der Waals surface area contributed by atoms with Crippen molar-refractivity contribution in [3.05, 3.63) is 59.4 Å². The molecule has 0 aliphatic rings. The molecule has 0 radical (unpaired) electrons. The SMILES string of the molecule is CNC(=O)c1ccc(OCc2cccc(F)c2)c(N)c1. The average molecular weight is 274 g/mol. The van der Waals surface area contributed by atoms with E-state index in [0.29, 0.717) is 22.6 Å². The molecule has 0 heterocycles. The smallest absolute Gasteiger partial charge is 0.251 e. The van der Waals surface area contributed by atoms with E-state index in [2.05, 4.69) is 5.32 Å². The van der Waals surface area contributed by atoms with Crippen LogP contribution in [0.4, 0.5) is 10.1 Å². The zero-order valence-corrected chi connectivity index (χ0v) is 11.0. The van der Waals surface area contributed by atoms with Gasteiger partial charge < -0.3 is 15.8 Å². The predicted molar refractivity (Wildman–Crippen MR) is 75.0 cm³/mol. The van der Waals surface area contributed by atoms with Crippen molar-refractivity contribution in [1.82, 2.24) is 5.32 Å². The number of benzene rings is 2. The molecular formula is C15H15FN2O2. The van der Waals surface area contributed by atoms with Crippen LogP contribution in [0, 0.1) is 5.82 Å². The predicted octanol–water partition coefficient (Wildman–Crippen LogP) is 2.35. The Kier molecular flexibility index (Phi) is 4.20. The van der Waals surface area contributed by atoms with Crippen LogP contribution in [0.5, 0.6) is 5.75 Å². The molecule has 0 saturated carbocycles. The summed E-state index contributed by atoms with van der Waals surface area (Å²) in [6, 6.07) is 10.9. The molecule has 0 aliphatic carbocycles. The topological polar surface area (TPSA) is 64.3 Å². The number of rotatable bonds is 4. The van der Waals surface area contributed by atoms with Gasteiger partial charge >= 0.3 is 0 Å². The summed E-state index contributed by atoms with van der Waals surface area (Å²) in [4.78, 5) is 11.4. The highest BCUT2D eigenvalue weighted by molar-refractivity contribution is 5.95. The largest absolute Gasteiger partial charge is 0.487 e. The molecule has 2 aromatic rings. The Morgan fingerprint density at radius 2 is 2.10 bits per heavy atom. The maximum Gasteiger partial charge on any atom is 0.251 e. The van der Waals surface area contributed by atoms with Crippen LogP contribution in [-0.4, -0.2) is 13.0 Å². The van der Waals surface area contributed by atoms with Crippen LogP contribution in [0.3, 0.4) is 0 Å². The second-order valence-electron chi connectivity index (χ2n) is 4.25. The third-order valence-electron chi connectivity index (χ3n) is 2.78. The van der Waals surface area contributed by atoms with E-state index in [9.17, 15) is 9.18 Å². The summed E-state index contributed by atoms with van der Waals surface area (Å²) >= 11 is 0. The first-order valence-corrected chi connectivity index (χ1v) is 6.09. The lowest BCUT2D eigenvalue weighted by Gasteiger charge is -2.10. The standard InChI is InChI=1S/C15H15FN2O2/c1-18-15(19)11-5-6-14(13(17)8-11)20-9-10-3-2-4-12(16)7-10/h2-8H,9,17H2,1H3,(H,18,19). The van der Waals surface area contributed by atoms with Gasteiger partial charge in [0.15, 0.2) is 0 Å². The van der Waals surface area contributed by atoms with Crippen LogP contribution in [0.25, 0.3) is 0 Å². The molecule has 0 fully saturated rings. The summed E-state index contributed by atoms with van der Waals surface area (Å²) in [5.41, 5.74) is 7.36. The van der Waals surface area contributed by atoms with Gasteiger partial charge in [0, 0.05) is 12.6 Å². The van der Waals surface area contributed by atoms with Gasteiger partial charge in [-0.2, -0.15) is 0 Å². The summed E-state index contributed by atoms with van der Waals surface area (Å²) in [6.45, 7) is 0.210. The highest BCUT2D eigenvalue weighted by Gasteiger charge is 2.07. The minimum absolute atomic E-state index is 0.210. The monoisotopic (exact) mass is 274 g/mol. The van der Waals surface area contributed by atoms with Gasteiger partial charge in [0.2, 0.25) is 0 Å². The van der Waals surface area contributed by atoms with Gasteiger partial charge in [-0.05, 0) is 35.9 Å². The van der Waals surface area contributed by atoms with E-state index in [-0.39, 0.29) is 18.3 Å². The maximum absolute atomic E-state index is 13.0. The van der Waals surface area contributed by atoms with Crippen LogP contribution < -0.4 is 15.8 Å². The number of hydrogen-bond donors (Lipinski definition) is 2. The quantitative estimate of drug-likeness (QED) is 0.841. The molecule has 0 unspecified atom stereocenters. The Hall–Kier alpha value is -2.56. The molecule has 3 N–H and O–H groups in total. The lowest BCUT2D eigenvalue weighted by molar-refractivity contribution is 0.0963. The zero-order valence-electron chi connectivity index (χ0n) is 11.0. The summed E-state index contributed by atoms with van der Waals surface area (Å²) in [5.74, 6) is -0.0654. The van der Waals surface area contributed by atoms with E-state index in [1.165, 1.54) is 12.1 Å². The first-order chi connectivity index (χ1) is 9.60. The molecule has 0 spiro atoms. The van der Waals surface area contributed by atoms with Crippen molar-refractivity contribution >= 4 is 11.6 Å². The number of carbonyl (C=O) groups is 1. The number of nitrogens with one attached hydrogen (secondary N) is 1. The fourth-order valence-electron chi connectivity index (χ4n) is 1.75. The number of hydrogen-bond acceptors (Lipinski definition) is 3. The number of halogens is 1.